The maximum absolute atomic E-state index is 5.87. The van der Waals surface area contributed by atoms with E-state index in [1.165, 1.54) is 0 Å². The molecule has 0 radical (unpaired) electrons. The Morgan fingerprint density at radius 1 is 1.46 bits per heavy atom. The number of oxazole rings is 1. The number of aromatic nitrogens is 1. The van der Waals surface area contributed by atoms with Crippen LogP contribution in [0, 0.1) is 6.92 Å². The van der Waals surface area contributed by atoms with Gasteiger partial charge in [-0.15, -0.1) is 0 Å². The summed E-state index contributed by atoms with van der Waals surface area (Å²) in [5, 5.41) is 3.52. The molecule has 1 heterocycles. The summed E-state index contributed by atoms with van der Waals surface area (Å²) >= 11 is 5.87. The number of hydrogen-bond donors (Lipinski definition) is 1. The number of rotatable bonds is 1. The van der Waals surface area contributed by atoms with Crippen molar-refractivity contribution in [3.63, 3.8) is 0 Å². The van der Waals surface area contributed by atoms with E-state index in [2.05, 4.69) is 10.3 Å². The zero-order valence-corrected chi connectivity index (χ0v) is 8.14. The third-order valence-electron chi connectivity index (χ3n) is 1.85. The normalized spacial score (nSPS) is 10.7. The van der Waals surface area contributed by atoms with Gasteiger partial charge in [0.05, 0.1) is 0 Å². The zero-order valence-electron chi connectivity index (χ0n) is 7.39. The number of aryl methyl sites for hydroxylation is 1. The van der Waals surface area contributed by atoms with Crippen molar-refractivity contribution in [1.29, 1.82) is 0 Å². The predicted octanol–water partition coefficient (Wildman–Crippen LogP) is 2.83. The third-order valence-corrected chi connectivity index (χ3v) is 2.07. The van der Waals surface area contributed by atoms with Crippen molar-refractivity contribution in [2.24, 2.45) is 0 Å². The quantitative estimate of drug-likeness (QED) is 0.762. The van der Waals surface area contributed by atoms with Crippen molar-refractivity contribution < 1.29 is 4.42 Å². The van der Waals surface area contributed by atoms with Gasteiger partial charge in [0.25, 0.3) is 6.01 Å². The number of benzene rings is 1. The molecule has 68 valence electrons. The van der Waals surface area contributed by atoms with Crippen molar-refractivity contribution in [3.8, 4) is 0 Å². The Kier molecular flexibility index (Phi) is 1.88. The van der Waals surface area contributed by atoms with Crippen LogP contribution in [0.4, 0.5) is 6.01 Å². The van der Waals surface area contributed by atoms with Crippen molar-refractivity contribution in [3.05, 3.63) is 22.7 Å². The molecule has 0 amide bonds. The fourth-order valence-corrected chi connectivity index (χ4v) is 1.53. The van der Waals surface area contributed by atoms with E-state index in [1.54, 1.807) is 13.1 Å². The Morgan fingerprint density at radius 3 is 2.92 bits per heavy atom. The van der Waals surface area contributed by atoms with E-state index in [9.17, 15) is 0 Å². The van der Waals surface area contributed by atoms with Gasteiger partial charge in [-0.1, -0.05) is 11.6 Å². The molecule has 0 fully saturated rings. The SMILES string of the molecule is CNc1nc2cc(Cl)cc(C)c2o1. The second-order valence-corrected chi connectivity index (χ2v) is 3.28. The van der Waals surface area contributed by atoms with Gasteiger partial charge in [0.15, 0.2) is 5.58 Å². The summed E-state index contributed by atoms with van der Waals surface area (Å²) in [4.78, 5) is 4.19. The molecule has 2 aromatic rings. The lowest BCUT2D eigenvalue weighted by molar-refractivity contribution is 0.618. The summed E-state index contributed by atoms with van der Waals surface area (Å²) in [6.45, 7) is 1.94. The summed E-state index contributed by atoms with van der Waals surface area (Å²) in [5.41, 5.74) is 2.57. The zero-order chi connectivity index (χ0) is 9.42. The van der Waals surface area contributed by atoms with Gasteiger partial charge in [0.1, 0.15) is 5.52 Å². The van der Waals surface area contributed by atoms with Gasteiger partial charge in [-0.25, -0.2) is 0 Å². The van der Waals surface area contributed by atoms with Crippen LogP contribution in [0.3, 0.4) is 0 Å². The minimum Gasteiger partial charge on any atom is -0.423 e. The van der Waals surface area contributed by atoms with E-state index >= 15 is 0 Å². The van der Waals surface area contributed by atoms with Crippen LogP contribution in [-0.2, 0) is 0 Å². The first-order valence-corrected chi connectivity index (χ1v) is 4.33. The van der Waals surface area contributed by atoms with Crippen molar-refractivity contribution >= 4 is 28.7 Å². The molecule has 0 saturated carbocycles. The summed E-state index contributed by atoms with van der Waals surface area (Å²) in [5.74, 6) is 0. The van der Waals surface area contributed by atoms with E-state index in [0.29, 0.717) is 11.0 Å². The fraction of sp³-hybridized carbons (Fsp3) is 0.222. The van der Waals surface area contributed by atoms with Crippen LogP contribution in [0.1, 0.15) is 5.56 Å². The number of nitrogens with zero attached hydrogens (tertiary/aromatic N) is 1. The lowest BCUT2D eigenvalue weighted by Gasteiger charge is -1.93. The second-order valence-electron chi connectivity index (χ2n) is 2.84. The smallest absolute Gasteiger partial charge is 0.295 e. The molecule has 13 heavy (non-hydrogen) atoms. The molecule has 1 aromatic carbocycles. The molecule has 0 aliphatic heterocycles. The first kappa shape index (κ1) is 8.38. The summed E-state index contributed by atoms with van der Waals surface area (Å²) in [6.07, 6.45) is 0. The highest BCUT2D eigenvalue weighted by Gasteiger charge is 2.07. The van der Waals surface area contributed by atoms with Crippen LogP contribution in [-0.4, -0.2) is 12.0 Å². The van der Waals surface area contributed by atoms with Crippen molar-refractivity contribution in [2.45, 2.75) is 6.92 Å². The first-order chi connectivity index (χ1) is 6.20. The molecule has 0 unspecified atom stereocenters. The lowest BCUT2D eigenvalue weighted by atomic mass is 10.2. The molecule has 4 heteroatoms. The highest BCUT2D eigenvalue weighted by Crippen LogP contribution is 2.25. The largest absolute Gasteiger partial charge is 0.423 e. The van der Waals surface area contributed by atoms with E-state index in [1.807, 2.05) is 13.0 Å². The average molecular weight is 197 g/mol. The molecule has 1 aromatic heterocycles. The summed E-state index contributed by atoms with van der Waals surface area (Å²) in [6, 6.07) is 4.16. The maximum atomic E-state index is 5.87. The van der Waals surface area contributed by atoms with Crippen LogP contribution in [0.15, 0.2) is 16.5 Å². The monoisotopic (exact) mass is 196 g/mol. The van der Waals surface area contributed by atoms with Crippen molar-refractivity contribution in [2.75, 3.05) is 12.4 Å². The minimum absolute atomic E-state index is 0.514. The van der Waals surface area contributed by atoms with Gasteiger partial charge in [0.2, 0.25) is 0 Å². The topological polar surface area (TPSA) is 38.1 Å². The number of fused-ring (bicyclic) bond motifs is 1. The molecule has 0 saturated heterocycles. The third kappa shape index (κ3) is 1.35. The lowest BCUT2D eigenvalue weighted by Crippen LogP contribution is -1.85. The first-order valence-electron chi connectivity index (χ1n) is 3.95. The second kappa shape index (κ2) is 2.92. The Labute approximate surface area is 80.7 Å². The van der Waals surface area contributed by atoms with E-state index in [4.69, 9.17) is 16.0 Å². The van der Waals surface area contributed by atoms with Gasteiger partial charge in [-0.3, -0.25) is 0 Å². The van der Waals surface area contributed by atoms with Crippen LogP contribution in [0.2, 0.25) is 5.02 Å². The minimum atomic E-state index is 0.514. The molecule has 0 bridgehead atoms. The number of hydrogen-bond acceptors (Lipinski definition) is 3. The van der Waals surface area contributed by atoms with Gasteiger partial charge in [0, 0.05) is 12.1 Å². The Hall–Kier alpha value is -1.22. The number of halogens is 1. The molecule has 3 nitrogen and oxygen atoms in total. The Bertz CT molecular complexity index is 450. The highest BCUT2D eigenvalue weighted by atomic mass is 35.5. The van der Waals surface area contributed by atoms with E-state index in [-0.39, 0.29) is 0 Å². The van der Waals surface area contributed by atoms with Gasteiger partial charge < -0.3 is 9.73 Å². The van der Waals surface area contributed by atoms with Gasteiger partial charge in [-0.05, 0) is 24.6 Å². The van der Waals surface area contributed by atoms with Crippen LogP contribution in [0.25, 0.3) is 11.1 Å². The Balaban J connectivity index is 2.75. The summed E-state index contributed by atoms with van der Waals surface area (Å²) in [7, 11) is 1.77. The number of anilines is 1. The average Bonchev–Trinajstić information content (AvgIpc) is 2.47. The molecule has 0 aliphatic rings. The maximum Gasteiger partial charge on any atom is 0.295 e. The molecule has 1 N–H and O–H groups in total. The molecule has 2 rings (SSSR count). The standard InChI is InChI=1S/C9H9ClN2O/c1-5-3-6(10)4-7-8(5)13-9(11-2)12-7/h3-4H,1-2H3,(H,11,12). The van der Waals surface area contributed by atoms with Crippen LogP contribution < -0.4 is 5.32 Å². The predicted molar refractivity (Wildman–Crippen MR) is 53.3 cm³/mol. The molecule has 0 atom stereocenters. The summed E-state index contributed by atoms with van der Waals surface area (Å²) < 4.78 is 5.42. The van der Waals surface area contributed by atoms with Crippen molar-refractivity contribution in [1.82, 2.24) is 4.98 Å². The van der Waals surface area contributed by atoms with E-state index in [0.717, 1.165) is 16.7 Å². The van der Waals surface area contributed by atoms with Crippen LogP contribution in [0.5, 0.6) is 0 Å². The number of nitrogens with one attached hydrogen (secondary N) is 1. The van der Waals surface area contributed by atoms with E-state index < -0.39 is 0 Å². The highest BCUT2D eigenvalue weighted by molar-refractivity contribution is 6.31. The molecular weight excluding hydrogens is 188 g/mol. The van der Waals surface area contributed by atoms with Crippen LogP contribution >= 0.6 is 11.6 Å². The Morgan fingerprint density at radius 2 is 2.23 bits per heavy atom. The molecular formula is C9H9ClN2O. The van der Waals surface area contributed by atoms with Gasteiger partial charge in [-0.2, -0.15) is 4.98 Å². The fourth-order valence-electron chi connectivity index (χ4n) is 1.26. The molecule has 0 spiro atoms. The van der Waals surface area contributed by atoms with Gasteiger partial charge >= 0.3 is 0 Å². The molecule has 0 aliphatic carbocycles.